The van der Waals surface area contributed by atoms with Gasteiger partial charge in [-0.25, -0.2) is 4.98 Å². The van der Waals surface area contributed by atoms with E-state index in [4.69, 9.17) is 0 Å². The Hall–Kier alpha value is -2.40. The van der Waals surface area contributed by atoms with Crippen LogP contribution in [0, 0.1) is 0 Å². The lowest BCUT2D eigenvalue weighted by atomic mass is 10.1. The SMILES string of the molecule is O=C1c2cccnc2N(c2ccccc2)C2NCCCN12. The van der Waals surface area contributed by atoms with Gasteiger partial charge in [-0.3, -0.25) is 15.0 Å². The number of fused-ring (bicyclic) bond motifs is 2. The Morgan fingerprint density at radius 3 is 2.86 bits per heavy atom. The molecular weight excluding hydrogens is 264 g/mol. The molecule has 1 N–H and O–H groups in total. The van der Waals surface area contributed by atoms with Crippen molar-refractivity contribution in [2.45, 2.75) is 12.7 Å². The minimum Gasteiger partial charge on any atom is -0.305 e. The van der Waals surface area contributed by atoms with Gasteiger partial charge in [-0.05, 0) is 30.7 Å². The highest BCUT2D eigenvalue weighted by Gasteiger charge is 2.40. The molecule has 0 radical (unpaired) electrons. The molecular formula is C16H16N4O. The number of hydrogen-bond acceptors (Lipinski definition) is 4. The van der Waals surface area contributed by atoms with E-state index in [9.17, 15) is 4.79 Å². The van der Waals surface area contributed by atoms with Gasteiger partial charge in [0.2, 0.25) is 0 Å². The van der Waals surface area contributed by atoms with Crippen molar-refractivity contribution in [1.82, 2.24) is 15.2 Å². The molecule has 4 rings (SSSR count). The first-order valence-corrected chi connectivity index (χ1v) is 7.20. The van der Waals surface area contributed by atoms with Crippen molar-refractivity contribution in [2.75, 3.05) is 18.0 Å². The second-order valence-corrected chi connectivity index (χ2v) is 5.26. The summed E-state index contributed by atoms with van der Waals surface area (Å²) in [5.74, 6) is 0.784. The monoisotopic (exact) mass is 280 g/mol. The van der Waals surface area contributed by atoms with Crippen LogP contribution in [0.1, 0.15) is 16.8 Å². The summed E-state index contributed by atoms with van der Waals surface area (Å²) >= 11 is 0. The second kappa shape index (κ2) is 4.86. The van der Waals surface area contributed by atoms with E-state index in [0.29, 0.717) is 5.56 Å². The smallest absolute Gasteiger partial charge is 0.260 e. The van der Waals surface area contributed by atoms with Crippen molar-refractivity contribution in [2.24, 2.45) is 0 Å². The molecule has 1 atom stereocenters. The van der Waals surface area contributed by atoms with E-state index in [2.05, 4.69) is 15.2 Å². The number of hydrogen-bond donors (Lipinski definition) is 1. The number of amides is 1. The van der Waals surface area contributed by atoms with Crippen LogP contribution in [0.3, 0.4) is 0 Å². The molecule has 1 unspecified atom stereocenters. The summed E-state index contributed by atoms with van der Waals surface area (Å²) in [7, 11) is 0. The average Bonchev–Trinajstić information content (AvgIpc) is 2.56. The lowest BCUT2D eigenvalue weighted by Crippen LogP contribution is -2.63. The minimum absolute atomic E-state index is 0.0579. The summed E-state index contributed by atoms with van der Waals surface area (Å²) < 4.78 is 0. The van der Waals surface area contributed by atoms with Crippen molar-refractivity contribution in [3.63, 3.8) is 0 Å². The Balaban J connectivity index is 1.90. The molecule has 0 bridgehead atoms. The van der Waals surface area contributed by atoms with E-state index in [1.165, 1.54) is 0 Å². The highest BCUT2D eigenvalue weighted by atomic mass is 16.2. The Morgan fingerprint density at radius 1 is 1.14 bits per heavy atom. The summed E-state index contributed by atoms with van der Waals surface area (Å²) in [6.07, 6.45) is 2.55. The number of para-hydroxylation sites is 1. The molecule has 0 aliphatic carbocycles. The molecule has 2 aliphatic rings. The number of anilines is 2. The third kappa shape index (κ3) is 1.89. The van der Waals surface area contributed by atoms with Gasteiger partial charge in [0.1, 0.15) is 5.82 Å². The zero-order valence-corrected chi connectivity index (χ0v) is 11.6. The number of benzene rings is 1. The van der Waals surface area contributed by atoms with Crippen molar-refractivity contribution in [1.29, 1.82) is 0 Å². The third-order valence-corrected chi connectivity index (χ3v) is 3.98. The van der Waals surface area contributed by atoms with E-state index in [-0.39, 0.29) is 12.2 Å². The Morgan fingerprint density at radius 2 is 2.00 bits per heavy atom. The van der Waals surface area contributed by atoms with Crippen LogP contribution in [-0.2, 0) is 0 Å². The van der Waals surface area contributed by atoms with Gasteiger partial charge in [0.15, 0.2) is 6.29 Å². The van der Waals surface area contributed by atoms with Gasteiger partial charge in [-0.1, -0.05) is 18.2 Å². The van der Waals surface area contributed by atoms with E-state index in [1.807, 2.05) is 47.4 Å². The molecule has 0 saturated carbocycles. The zero-order chi connectivity index (χ0) is 14.2. The van der Waals surface area contributed by atoms with Crippen molar-refractivity contribution < 1.29 is 4.79 Å². The summed E-state index contributed by atoms with van der Waals surface area (Å²) in [5, 5.41) is 3.43. The third-order valence-electron chi connectivity index (χ3n) is 3.98. The fourth-order valence-corrected chi connectivity index (χ4v) is 3.03. The molecule has 106 valence electrons. The summed E-state index contributed by atoms with van der Waals surface area (Å²) in [4.78, 5) is 21.1. The van der Waals surface area contributed by atoms with Crippen LogP contribution < -0.4 is 10.2 Å². The van der Waals surface area contributed by atoms with Crippen molar-refractivity contribution in [3.8, 4) is 0 Å². The molecule has 0 spiro atoms. The maximum atomic E-state index is 12.6. The van der Waals surface area contributed by atoms with Crippen LogP contribution in [0.5, 0.6) is 0 Å². The van der Waals surface area contributed by atoms with Crippen molar-refractivity contribution >= 4 is 17.4 Å². The molecule has 2 aliphatic heterocycles. The van der Waals surface area contributed by atoms with Gasteiger partial charge >= 0.3 is 0 Å². The fourth-order valence-electron chi connectivity index (χ4n) is 3.03. The minimum atomic E-state index is -0.156. The number of carbonyl (C=O) groups excluding carboxylic acids is 1. The van der Waals surface area contributed by atoms with Crippen LogP contribution in [0.2, 0.25) is 0 Å². The van der Waals surface area contributed by atoms with Gasteiger partial charge in [-0.15, -0.1) is 0 Å². The lowest BCUT2D eigenvalue weighted by Gasteiger charge is -2.47. The molecule has 3 heterocycles. The highest BCUT2D eigenvalue weighted by molar-refractivity contribution is 6.02. The standard InChI is InChI=1S/C16H16N4O/c21-15-13-8-4-9-17-14(13)20(12-6-2-1-3-7-12)16-18-10-5-11-19(15)16/h1-4,6-9,16,18H,5,10-11H2. The number of nitrogens with zero attached hydrogens (tertiary/aromatic N) is 3. The topological polar surface area (TPSA) is 48.5 Å². The number of rotatable bonds is 1. The maximum absolute atomic E-state index is 12.6. The Labute approximate surface area is 123 Å². The van der Waals surface area contributed by atoms with Gasteiger partial charge in [0.05, 0.1) is 5.56 Å². The quantitative estimate of drug-likeness (QED) is 0.867. The predicted molar refractivity (Wildman–Crippen MR) is 80.3 cm³/mol. The lowest BCUT2D eigenvalue weighted by molar-refractivity contribution is 0.0563. The molecule has 2 aromatic rings. The van der Waals surface area contributed by atoms with E-state index in [0.717, 1.165) is 31.0 Å². The van der Waals surface area contributed by atoms with Gasteiger partial charge in [0.25, 0.3) is 5.91 Å². The molecule has 21 heavy (non-hydrogen) atoms. The zero-order valence-electron chi connectivity index (χ0n) is 11.6. The number of nitrogens with one attached hydrogen (secondary N) is 1. The fraction of sp³-hybridized carbons (Fsp3) is 0.250. The average molecular weight is 280 g/mol. The second-order valence-electron chi connectivity index (χ2n) is 5.26. The normalized spacial score (nSPS) is 21.0. The largest absolute Gasteiger partial charge is 0.305 e. The first-order chi connectivity index (χ1) is 10.4. The first kappa shape index (κ1) is 12.3. The van der Waals surface area contributed by atoms with Gasteiger partial charge < -0.3 is 4.90 Å². The predicted octanol–water partition coefficient (Wildman–Crippen LogP) is 1.95. The molecule has 1 aromatic carbocycles. The Kier molecular flexibility index (Phi) is 2.86. The van der Waals surface area contributed by atoms with Crippen molar-refractivity contribution in [3.05, 3.63) is 54.2 Å². The Bertz CT molecular complexity index is 673. The number of carbonyl (C=O) groups is 1. The molecule has 1 amide bonds. The first-order valence-electron chi connectivity index (χ1n) is 7.20. The molecule has 1 fully saturated rings. The van der Waals surface area contributed by atoms with Crippen LogP contribution in [0.15, 0.2) is 48.7 Å². The van der Waals surface area contributed by atoms with E-state index < -0.39 is 0 Å². The van der Waals surface area contributed by atoms with Gasteiger partial charge in [0, 0.05) is 25.0 Å². The molecule has 1 saturated heterocycles. The van der Waals surface area contributed by atoms with Crippen LogP contribution in [0.4, 0.5) is 11.5 Å². The maximum Gasteiger partial charge on any atom is 0.260 e. The number of aromatic nitrogens is 1. The molecule has 5 heteroatoms. The van der Waals surface area contributed by atoms with Crippen LogP contribution in [0.25, 0.3) is 0 Å². The van der Waals surface area contributed by atoms with E-state index >= 15 is 0 Å². The van der Waals surface area contributed by atoms with Crippen LogP contribution >= 0.6 is 0 Å². The number of pyridine rings is 1. The molecule has 5 nitrogen and oxygen atoms in total. The van der Waals surface area contributed by atoms with E-state index in [1.54, 1.807) is 6.20 Å². The summed E-state index contributed by atoms with van der Waals surface area (Å²) in [5.41, 5.74) is 1.70. The summed E-state index contributed by atoms with van der Waals surface area (Å²) in [6, 6.07) is 13.8. The highest BCUT2D eigenvalue weighted by Crippen LogP contribution is 2.35. The summed E-state index contributed by atoms with van der Waals surface area (Å²) in [6.45, 7) is 1.67. The molecule has 1 aromatic heterocycles. The van der Waals surface area contributed by atoms with Gasteiger partial charge in [-0.2, -0.15) is 0 Å². The van der Waals surface area contributed by atoms with Crippen LogP contribution in [-0.4, -0.2) is 35.2 Å².